The number of nitrogen functional groups attached to an aromatic ring is 1. The summed E-state index contributed by atoms with van der Waals surface area (Å²) in [5.41, 5.74) is 6.41. The first-order valence-electron chi connectivity index (χ1n) is 5.68. The molecule has 1 atom stereocenters. The molecule has 5 nitrogen and oxygen atoms in total. The van der Waals surface area contributed by atoms with Gasteiger partial charge in [-0.15, -0.1) is 0 Å². The molecule has 0 heterocycles. The van der Waals surface area contributed by atoms with Gasteiger partial charge in [-0.25, -0.2) is 0 Å². The SMILES string of the molecule is Nc1cccc2c1C(=O)c1c(O)ccc(O)c1[C@@H]2O. The smallest absolute Gasteiger partial charge is 0.199 e. The Hall–Kier alpha value is -2.53. The maximum Gasteiger partial charge on any atom is 0.199 e. The van der Waals surface area contributed by atoms with Gasteiger partial charge < -0.3 is 21.1 Å². The first-order chi connectivity index (χ1) is 9.02. The highest BCUT2D eigenvalue weighted by atomic mass is 16.3. The monoisotopic (exact) mass is 257 g/mol. The second-order valence-corrected chi connectivity index (χ2v) is 4.44. The van der Waals surface area contributed by atoms with Crippen LogP contribution in [-0.4, -0.2) is 21.1 Å². The average Bonchev–Trinajstić information content (AvgIpc) is 2.38. The second-order valence-electron chi connectivity index (χ2n) is 4.44. The molecule has 0 fully saturated rings. The number of phenolic OH excluding ortho intramolecular Hbond substituents is 2. The van der Waals surface area contributed by atoms with Crippen LogP contribution in [0.15, 0.2) is 30.3 Å². The second kappa shape index (κ2) is 3.73. The molecular weight excluding hydrogens is 246 g/mol. The molecule has 1 aliphatic carbocycles. The third kappa shape index (κ3) is 1.42. The standard InChI is InChI=1S/C14H11NO4/c15-7-3-1-2-6-10(7)14(19)12-9(17)5-4-8(16)11(12)13(6)18/h1-5,13,16-18H,15H2/t13-/m1/s1. The zero-order valence-electron chi connectivity index (χ0n) is 9.79. The first-order valence-corrected chi connectivity index (χ1v) is 5.68. The average molecular weight is 257 g/mol. The number of fused-ring (bicyclic) bond motifs is 2. The Bertz CT molecular complexity index is 709. The van der Waals surface area contributed by atoms with Gasteiger partial charge in [-0.05, 0) is 23.8 Å². The van der Waals surface area contributed by atoms with E-state index in [0.29, 0.717) is 5.56 Å². The zero-order chi connectivity index (χ0) is 13.7. The molecule has 0 aliphatic heterocycles. The molecule has 0 amide bonds. The topological polar surface area (TPSA) is 104 Å². The summed E-state index contributed by atoms with van der Waals surface area (Å²) in [4.78, 5) is 12.4. The lowest BCUT2D eigenvalue weighted by Gasteiger charge is -2.25. The predicted octanol–water partition coefficient (Wildman–Crippen LogP) is 1.31. The summed E-state index contributed by atoms with van der Waals surface area (Å²) in [5, 5.41) is 29.9. The lowest BCUT2D eigenvalue weighted by molar-refractivity contribution is 0.101. The van der Waals surface area contributed by atoms with Crippen LogP contribution in [0, 0.1) is 0 Å². The minimum Gasteiger partial charge on any atom is -0.508 e. The Morgan fingerprint density at radius 1 is 1.00 bits per heavy atom. The van der Waals surface area contributed by atoms with Gasteiger partial charge in [-0.1, -0.05) is 12.1 Å². The van der Waals surface area contributed by atoms with Crippen molar-refractivity contribution in [1.29, 1.82) is 0 Å². The van der Waals surface area contributed by atoms with Crippen LogP contribution < -0.4 is 5.73 Å². The molecule has 1 aliphatic rings. The van der Waals surface area contributed by atoms with E-state index in [1.807, 2.05) is 0 Å². The van der Waals surface area contributed by atoms with Crippen molar-refractivity contribution in [2.75, 3.05) is 5.73 Å². The van der Waals surface area contributed by atoms with E-state index in [9.17, 15) is 20.1 Å². The Morgan fingerprint density at radius 3 is 2.42 bits per heavy atom. The third-order valence-electron chi connectivity index (χ3n) is 3.35. The van der Waals surface area contributed by atoms with E-state index in [1.54, 1.807) is 18.2 Å². The highest BCUT2D eigenvalue weighted by Crippen LogP contribution is 2.44. The normalized spacial score (nSPS) is 16.9. The maximum absolute atomic E-state index is 12.4. The number of nitrogens with two attached hydrogens (primary N) is 1. The van der Waals surface area contributed by atoms with Crippen LogP contribution in [0.3, 0.4) is 0 Å². The lowest BCUT2D eigenvalue weighted by Crippen LogP contribution is -2.21. The van der Waals surface area contributed by atoms with Crippen molar-refractivity contribution in [2.24, 2.45) is 0 Å². The van der Waals surface area contributed by atoms with E-state index in [1.165, 1.54) is 12.1 Å². The molecule has 0 aromatic heterocycles. The van der Waals surface area contributed by atoms with Gasteiger partial charge in [0, 0.05) is 11.3 Å². The molecule has 0 radical (unpaired) electrons. The van der Waals surface area contributed by atoms with Gasteiger partial charge in [0.2, 0.25) is 0 Å². The molecule has 2 aromatic rings. The number of aliphatic hydroxyl groups excluding tert-OH is 1. The molecule has 0 bridgehead atoms. The first kappa shape index (κ1) is 11.6. The summed E-state index contributed by atoms with van der Waals surface area (Å²) < 4.78 is 0. The summed E-state index contributed by atoms with van der Waals surface area (Å²) in [5.74, 6) is -1.02. The number of carbonyl (C=O) groups excluding carboxylic acids is 1. The Kier molecular flexibility index (Phi) is 2.27. The van der Waals surface area contributed by atoms with E-state index in [-0.39, 0.29) is 33.9 Å². The van der Waals surface area contributed by atoms with Crippen LogP contribution in [0.5, 0.6) is 11.5 Å². The number of aromatic hydroxyl groups is 2. The summed E-state index contributed by atoms with van der Waals surface area (Å²) in [6.07, 6.45) is -1.20. The van der Waals surface area contributed by atoms with Crippen molar-refractivity contribution in [1.82, 2.24) is 0 Å². The number of ketones is 1. The number of rotatable bonds is 0. The van der Waals surface area contributed by atoms with Gasteiger partial charge in [0.15, 0.2) is 5.78 Å². The minimum atomic E-state index is -1.20. The highest BCUT2D eigenvalue weighted by Gasteiger charge is 2.35. The van der Waals surface area contributed by atoms with Gasteiger partial charge in [0.05, 0.1) is 11.1 Å². The number of hydrogen-bond acceptors (Lipinski definition) is 5. The molecule has 0 saturated heterocycles. The van der Waals surface area contributed by atoms with Crippen LogP contribution in [0.4, 0.5) is 5.69 Å². The van der Waals surface area contributed by atoms with Gasteiger partial charge >= 0.3 is 0 Å². The van der Waals surface area contributed by atoms with Crippen molar-refractivity contribution in [3.05, 3.63) is 52.6 Å². The molecule has 0 unspecified atom stereocenters. The molecule has 0 saturated carbocycles. The fraction of sp³-hybridized carbons (Fsp3) is 0.0714. The number of hydrogen-bond donors (Lipinski definition) is 4. The zero-order valence-corrected chi connectivity index (χ0v) is 9.79. The number of anilines is 1. The highest BCUT2D eigenvalue weighted by molar-refractivity contribution is 6.17. The summed E-state index contributed by atoms with van der Waals surface area (Å²) in [6, 6.07) is 7.19. The summed E-state index contributed by atoms with van der Waals surface area (Å²) in [7, 11) is 0. The largest absolute Gasteiger partial charge is 0.508 e. The fourth-order valence-corrected chi connectivity index (χ4v) is 2.47. The summed E-state index contributed by atoms with van der Waals surface area (Å²) >= 11 is 0. The molecule has 5 heteroatoms. The predicted molar refractivity (Wildman–Crippen MR) is 68.1 cm³/mol. The number of aliphatic hydroxyl groups is 1. The number of phenols is 2. The molecule has 19 heavy (non-hydrogen) atoms. The molecule has 3 rings (SSSR count). The maximum atomic E-state index is 12.4. The fourth-order valence-electron chi connectivity index (χ4n) is 2.47. The molecule has 0 spiro atoms. The molecule has 5 N–H and O–H groups in total. The van der Waals surface area contributed by atoms with Gasteiger partial charge in [-0.3, -0.25) is 4.79 Å². The third-order valence-corrected chi connectivity index (χ3v) is 3.35. The summed E-state index contributed by atoms with van der Waals surface area (Å²) in [6.45, 7) is 0. The Morgan fingerprint density at radius 2 is 1.68 bits per heavy atom. The van der Waals surface area contributed by atoms with E-state index in [2.05, 4.69) is 0 Å². The Labute approximate surface area is 108 Å². The number of carbonyl (C=O) groups is 1. The van der Waals surface area contributed by atoms with Crippen LogP contribution in [0.2, 0.25) is 0 Å². The van der Waals surface area contributed by atoms with Gasteiger partial charge in [-0.2, -0.15) is 0 Å². The van der Waals surface area contributed by atoms with E-state index < -0.39 is 11.9 Å². The molecular formula is C14H11NO4. The van der Waals surface area contributed by atoms with Crippen LogP contribution >= 0.6 is 0 Å². The van der Waals surface area contributed by atoms with Crippen LogP contribution in [0.1, 0.15) is 33.2 Å². The van der Waals surface area contributed by atoms with Crippen molar-refractivity contribution in [2.45, 2.75) is 6.10 Å². The number of benzene rings is 2. The minimum absolute atomic E-state index is 0.0168. The van der Waals surface area contributed by atoms with Crippen LogP contribution in [-0.2, 0) is 0 Å². The van der Waals surface area contributed by atoms with E-state index >= 15 is 0 Å². The molecule has 2 aromatic carbocycles. The van der Waals surface area contributed by atoms with Crippen molar-refractivity contribution < 1.29 is 20.1 Å². The van der Waals surface area contributed by atoms with E-state index in [0.717, 1.165) is 0 Å². The van der Waals surface area contributed by atoms with Crippen molar-refractivity contribution in [3.8, 4) is 11.5 Å². The quantitative estimate of drug-likeness (QED) is 0.421. The van der Waals surface area contributed by atoms with Gasteiger partial charge in [0.25, 0.3) is 0 Å². The Balaban J connectivity index is 2.39. The van der Waals surface area contributed by atoms with Crippen molar-refractivity contribution >= 4 is 11.5 Å². The van der Waals surface area contributed by atoms with Crippen LogP contribution in [0.25, 0.3) is 0 Å². The van der Waals surface area contributed by atoms with Gasteiger partial charge in [0.1, 0.15) is 17.6 Å². The lowest BCUT2D eigenvalue weighted by atomic mass is 9.81. The van der Waals surface area contributed by atoms with Crippen molar-refractivity contribution in [3.63, 3.8) is 0 Å². The van der Waals surface area contributed by atoms with E-state index in [4.69, 9.17) is 5.73 Å². The molecule has 96 valence electrons.